The molecule has 1 aliphatic heterocycles. The summed E-state index contributed by atoms with van der Waals surface area (Å²) >= 11 is 4.92. The van der Waals surface area contributed by atoms with Crippen LogP contribution in [0.5, 0.6) is 0 Å². The molecule has 0 saturated carbocycles. The molecule has 0 atom stereocenters. The van der Waals surface area contributed by atoms with E-state index in [9.17, 15) is 4.79 Å². The zero-order chi connectivity index (χ0) is 14.9. The maximum atomic E-state index is 12.6. The average Bonchev–Trinajstić information content (AvgIpc) is 2.63. The van der Waals surface area contributed by atoms with Gasteiger partial charge in [-0.05, 0) is 13.8 Å². The summed E-state index contributed by atoms with van der Waals surface area (Å²) in [6, 6.07) is 0. The predicted molar refractivity (Wildman–Crippen MR) is 81.8 cm³/mol. The topological polar surface area (TPSA) is 67.4 Å². The van der Waals surface area contributed by atoms with Gasteiger partial charge in [-0.15, -0.1) is 0 Å². The number of rotatable bonds is 3. The third kappa shape index (κ3) is 2.99. The van der Waals surface area contributed by atoms with Gasteiger partial charge in [0.1, 0.15) is 0 Å². The number of piperazine rings is 1. The lowest BCUT2D eigenvalue weighted by Crippen LogP contribution is -2.50. The summed E-state index contributed by atoms with van der Waals surface area (Å²) in [7, 11) is 1.86. The lowest BCUT2D eigenvalue weighted by molar-refractivity contribution is 0.0653. The molecule has 0 unspecified atom stereocenters. The molecule has 20 heavy (non-hydrogen) atoms. The lowest BCUT2D eigenvalue weighted by atomic mass is 10.1. The number of carbonyl (C=O) groups excluding carboxylic acids is 1. The van der Waals surface area contributed by atoms with E-state index in [1.165, 1.54) is 0 Å². The van der Waals surface area contributed by atoms with Crippen molar-refractivity contribution < 1.29 is 4.79 Å². The Kier molecular flexibility index (Phi) is 4.39. The van der Waals surface area contributed by atoms with Gasteiger partial charge in [0.2, 0.25) is 0 Å². The Morgan fingerprint density at radius 1 is 1.30 bits per heavy atom. The zero-order valence-corrected chi connectivity index (χ0v) is 13.0. The number of aromatic nitrogens is 2. The van der Waals surface area contributed by atoms with Crippen molar-refractivity contribution in [1.29, 1.82) is 0 Å². The number of amides is 1. The van der Waals surface area contributed by atoms with Crippen molar-refractivity contribution in [2.24, 2.45) is 12.8 Å². The highest BCUT2D eigenvalue weighted by Gasteiger charge is 2.26. The number of carbonyl (C=O) groups is 1. The first-order valence-electron chi connectivity index (χ1n) is 6.70. The Hall–Kier alpha value is -1.47. The van der Waals surface area contributed by atoms with Crippen LogP contribution in [0.1, 0.15) is 21.7 Å². The smallest absolute Gasteiger partial charge is 0.257 e. The highest BCUT2D eigenvalue weighted by molar-refractivity contribution is 7.80. The fraction of sp³-hybridized carbons (Fsp3) is 0.615. The second-order valence-corrected chi connectivity index (χ2v) is 5.73. The summed E-state index contributed by atoms with van der Waals surface area (Å²) < 4.78 is 1.76. The maximum Gasteiger partial charge on any atom is 0.257 e. The van der Waals surface area contributed by atoms with Gasteiger partial charge in [0.25, 0.3) is 5.91 Å². The molecule has 0 spiro atoms. The van der Waals surface area contributed by atoms with Gasteiger partial charge in [-0.25, -0.2) is 0 Å². The van der Waals surface area contributed by atoms with Gasteiger partial charge in [-0.3, -0.25) is 14.4 Å². The lowest BCUT2D eigenvalue weighted by Gasteiger charge is -2.34. The normalized spacial score (nSPS) is 16.4. The second-order valence-electron chi connectivity index (χ2n) is 5.20. The Morgan fingerprint density at radius 2 is 1.90 bits per heavy atom. The van der Waals surface area contributed by atoms with E-state index in [2.05, 4.69) is 10.00 Å². The van der Waals surface area contributed by atoms with E-state index in [0.29, 0.717) is 24.6 Å². The van der Waals surface area contributed by atoms with Crippen LogP contribution in [-0.4, -0.2) is 63.2 Å². The standard InChI is InChI=1S/C13H21N5OS/c1-9-12(10(2)16(3)15-9)13(19)18-6-4-17(5-7-18)8-11(14)20/h4-8H2,1-3H3,(H2,14,20). The van der Waals surface area contributed by atoms with E-state index < -0.39 is 0 Å². The van der Waals surface area contributed by atoms with Crippen LogP contribution >= 0.6 is 12.2 Å². The average molecular weight is 295 g/mol. The SMILES string of the molecule is Cc1nn(C)c(C)c1C(=O)N1CCN(CC(N)=S)CC1. The second kappa shape index (κ2) is 5.88. The minimum absolute atomic E-state index is 0.0723. The van der Waals surface area contributed by atoms with Crippen LogP contribution in [-0.2, 0) is 7.05 Å². The first-order chi connectivity index (χ1) is 9.40. The number of aryl methyl sites for hydroxylation is 2. The van der Waals surface area contributed by atoms with Crippen LogP contribution in [0.25, 0.3) is 0 Å². The molecule has 1 aromatic rings. The molecule has 0 aromatic carbocycles. The molecule has 110 valence electrons. The summed E-state index contributed by atoms with van der Waals surface area (Å²) in [6.45, 7) is 7.45. The van der Waals surface area contributed by atoms with Crippen LogP contribution in [0.4, 0.5) is 0 Å². The molecule has 6 nitrogen and oxygen atoms in total. The molecule has 1 fully saturated rings. The number of thiocarbonyl (C=S) groups is 1. The molecular formula is C13H21N5OS. The van der Waals surface area contributed by atoms with E-state index in [4.69, 9.17) is 18.0 Å². The monoisotopic (exact) mass is 295 g/mol. The molecule has 7 heteroatoms. The van der Waals surface area contributed by atoms with Gasteiger partial charge in [0, 0.05) is 45.5 Å². The molecule has 1 saturated heterocycles. The van der Waals surface area contributed by atoms with Gasteiger partial charge in [0.05, 0.1) is 16.2 Å². The summed E-state index contributed by atoms with van der Waals surface area (Å²) in [6.07, 6.45) is 0. The highest BCUT2D eigenvalue weighted by Crippen LogP contribution is 2.16. The minimum Gasteiger partial charge on any atom is -0.392 e. The number of nitrogens with two attached hydrogens (primary N) is 1. The fourth-order valence-corrected chi connectivity index (χ4v) is 2.75. The van der Waals surface area contributed by atoms with Crippen LogP contribution < -0.4 is 5.73 Å². The van der Waals surface area contributed by atoms with E-state index in [1.807, 2.05) is 25.8 Å². The fourth-order valence-electron chi connectivity index (χ4n) is 2.57. The Labute approximate surface area is 124 Å². The van der Waals surface area contributed by atoms with Gasteiger partial charge in [-0.1, -0.05) is 12.2 Å². The molecule has 1 aliphatic rings. The first kappa shape index (κ1) is 14.9. The highest BCUT2D eigenvalue weighted by atomic mass is 32.1. The van der Waals surface area contributed by atoms with Crippen molar-refractivity contribution in [2.75, 3.05) is 32.7 Å². The van der Waals surface area contributed by atoms with Crippen molar-refractivity contribution in [1.82, 2.24) is 19.6 Å². The Balaban J connectivity index is 2.03. The quantitative estimate of drug-likeness (QED) is 0.800. The zero-order valence-electron chi connectivity index (χ0n) is 12.2. The third-order valence-corrected chi connectivity index (χ3v) is 3.89. The number of hydrogen-bond donors (Lipinski definition) is 1. The van der Waals surface area contributed by atoms with Crippen LogP contribution in [0, 0.1) is 13.8 Å². The van der Waals surface area contributed by atoms with Gasteiger partial charge >= 0.3 is 0 Å². The van der Waals surface area contributed by atoms with Gasteiger partial charge in [0.15, 0.2) is 0 Å². The van der Waals surface area contributed by atoms with Gasteiger partial charge < -0.3 is 10.6 Å². The van der Waals surface area contributed by atoms with E-state index in [0.717, 1.165) is 30.0 Å². The number of hydrogen-bond acceptors (Lipinski definition) is 4. The van der Waals surface area contributed by atoms with E-state index >= 15 is 0 Å². The molecule has 2 rings (SSSR count). The largest absolute Gasteiger partial charge is 0.392 e. The van der Waals surface area contributed by atoms with Crippen molar-refractivity contribution in [3.8, 4) is 0 Å². The van der Waals surface area contributed by atoms with Crippen molar-refractivity contribution in [3.05, 3.63) is 17.0 Å². The van der Waals surface area contributed by atoms with E-state index in [1.54, 1.807) is 4.68 Å². The van der Waals surface area contributed by atoms with E-state index in [-0.39, 0.29) is 5.91 Å². The summed E-state index contributed by atoms with van der Waals surface area (Å²) in [5.41, 5.74) is 7.99. The summed E-state index contributed by atoms with van der Waals surface area (Å²) in [4.78, 5) is 17.1. The maximum absolute atomic E-state index is 12.6. The molecule has 1 amide bonds. The Morgan fingerprint density at radius 3 is 2.35 bits per heavy atom. The van der Waals surface area contributed by atoms with Gasteiger partial charge in [-0.2, -0.15) is 5.10 Å². The first-order valence-corrected chi connectivity index (χ1v) is 7.11. The van der Waals surface area contributed by atoms with Crippen molar-refractivity contribution in [2.45, 2.75) is 13.8 Å². The summed E-state index contributed by atoms with van der Waals surface area (Å²) in [5, 5.41) is 4.31. The summed E-state index contributed by atoms with van der Waals surface area (Å²) in [5.74, 6) is 0.0723. The predicted octanol–water partition coefficient (Wildman–Crippen LogP) is 0.0808. The Bertz CT molecular complexity index is 531. The third-order valence-electron chi connectivity index (χ3n) is 3.76. The van der Waals surface area contributed by atoms with Crippen molar-refractivity contribution >= 4 is 23.1 Å². The molecule has 0 aliphatic carbocycles. The van der Waals surface area contributed by atoms with Crippen LogP contribution in [0.2, 0.25) is 0 Å². The molecule has 1 aromatic heterocycles. The van der Waals surface area contributed by atoms with Crippen molar-refractivity contribution in [3.63, 3.8) is 0 Å². The molecule has 0 bridgehead atoms. The molecule has 0 radical (unpaired) electrons. The number of nitrogens with zero attached hydrogens (tertiary/aromatic N) is 4. The van der Waals surface area contributed by atoms with Crippen LogP contribution in [0.15, 0.2) is 0 Å². The van der Waals surface area contributed by atoms with Crippen LogP contribution in [0.3, 0.4) is 0 Å². The molecule has 2 N–H and O–H groups in total. The molecular weight excluding hydrogens is 274 g/mol. The molecule has 2 heterocycles. The minimum atomic E-state index is 0.0723.